The highest BCUT2D eigenvalue weighted by atomic mass is 19.3. The molecule has 0 spiro atoms. The lowest BCUT2D eigenvalue weighted by atomic mass is 9.99. The van der Waals surface area contributed by atoms with Crippen molar-refractivity contribution in [1.29, 1.82) is 0 Å². The molecule has 1 fully saturated rings. The molecule has 1 amide bonds. The fourth-order valence-electron chi connectivity index (χ4n) is 3.48. The molecule has 1 unspecified atom stereocenters. The maximum atomic E-state index is 14.8. The molecule has 2 aliphatic heterocycles. The molecule has 0 saturated carbocycles. The van der Waals surface area contributed by atoms with Crippen molar-refractivity contribution in [2.45, 2.75) is 51.2 Å². The molecular weight excluding hydrogens is 314 g/mol. The Morgan fingerprint density at radius 3 is 2.62 bits per heavy atom. The van der Waals surface area contributed by atoms with E-state index < -0.39 is 30.2 Å². The summed E-state index contributed by atoms with van der Waals surface area (Å²) in [7, 11) is 0. The highest BCUT2D eigenvalue weighted by molar-refractivity contribution is 5.68. The number of halogens is 2. The number of carbonyl (C=O) groups excluding carboxylic acids is 1. The number of benzene rings is 1. The summed E-state index contributed by atoms with van der Waals surface area (Å²) in [6.45, 7) is 5.50. The third kappa shape index (κ3) is 3.32. The highest BCUT2D eigenvalue weighted by Gasteiger charge is 2.50. The summed E-state index contributed by atoms with van der Waals surface area (Å²) >= 11 is 0. The standard InChI is InChI=1S/C18H24F2N2O2/c1-17(2,3)24-16(23)21-10-9-15(18(19,20)12-21)22-11-8-13-6-4-5-7-14(13)22/h4-7,15H,8-12H2,1-3H3. The van der Waals surface area contributed by atoms with Crippen LogP contribution in [-0.2, 0) is 11.2 Å². The Hall–Kier alpha value is -1.85. The lowest BCUT2D eigenvalue weighted by molar-refractivity contribution is -0.0835. The van der Waals surface area contributed by atoms with Crippen molar-refractivity contribution in [1.82, 2.24) is 4.90 Å². The summed E-state index contributed by atoms with van der Waals surface area (Å²) in [5, 5.41) is 0. The Bertz CT molecular complexity index is 628. The van der Waals surface area contributed by atoms with Gasteiger partial charge in [-0.25, -0.2) is 13.6 Å². The van der Waals surface area contributed by atoms with Crippen LogP contribution in [0.3, 0.4) is 0 Å². The van der Waals surface area contributed by atoms with Crippen LogP contribution >= 0.6 is 0 Å². The Balaban J connectivity index is 1.72. The van der Waals surface area contributed by atoms with Crippen LogP contribution < -0.4 is 4.90 Å². The first kappa shape index (κ1) is 17.0. The van der Waals surface area contributed by atoms with Crippen molar-refractivity contribution in [3.63, 3.8) is 0 Å². The number of likely N-dealkylation sites (tertiary alicyclic amines) is 1. The zero-order valence-corrected chi connectivity index (χ0v) is 14.4. The average molecular weight is 338 g/mol. The molecular formula is C18H24F2N2O2. The minimum absolute atomic E-state index is 0.237. The number of hydrogen-bond acceptors (Lipinski definition) is 3. The van der Waals surface area contributed by atoms with E-state index in [0.29, 0.717) is 6.54 Å². The van der Waals surface area contributed by atoms with Crippen molar-refractivity contribution in [3.8, 4) is 0 Å². The summed E-state index contributed by atoms with van der Waals surface area (Å²) in [6, 6.07) is 6.83. The Morgan fingerprint density at radius 2 is 1.96 bits per heavy atom. The number of para-hydroxylation sites is 1. The van der Waals surface area contributed by atoms with Gasteiger partial charge in [-0.3, -0.25) is 0 Å². The number of hydrogen-bond donors (Lipinski definition) is 0. The molecule has 2 aliphatic rings. The molecule has 1 saturated heterocycles. The zero-order valence-electron chi connectivity index (χ0n) is 14.4. The molecule has 6 heteroatoms. The topological polar surface area (TPSA) is 32.8 Å². The molecule has 132 valence electrons. The van der Waals surface area contributed by atoms with E-state index in [1.807, 2.05) is 29.2 Å². The first-order chi connectivity index (χ1) is 11.2. The summed E-state index contributed by atoms with van der Waals surface area (Å²) in [4.78, 5) is 15.0. The second-order valence-corrected chi connectivity index (χ2v) is 7.54. The van der Waals surface area contributed by atoms with Gasteiger partial charge in [0.25, 0.3) is 5.92 Å². The molecule has 1 aromatic rings. The van der Waals surface area contributed by atoms with Crippen LogP contribution in [0.1, 0.15) is 32.8 Å². The summed E-state index contributed by atoms with van der Waals surface area (Å²) in [6.07, 6.45) is 0.362. The molecule has 0 N–H and O–H groups in total. The van der Waals surface area contributed by atoms with E-state index in [-0.39, 0.29) is 13.0 Å². The average Bonchev–Trinajstić information content (AvgIpc) is 2.88. The van der Waals surface area contributed by atoms with Crippen LogP contribution in [0.4, 0.5) is 19.3 Å². The molecule has 24 heavy (non-hydrogen) atoms. The number of rotatable bonds is 1. The summed E-state index contributed by atoms with van der Waals surface area (Å²) in [5.41, 5.74) is 1.33. The fraction of sp³-hybridized carbons (Fsp3) is 0.611. The minimum Gasteiger partial charge on any atom is -0.444 e. The minimum atomic E-state index is -2.97. The maximum absolute atomic E-state index is 14.8. The Morgan fingerprint density at radius 1 is 1.25 bits per heavy atom. The third-order valence-electron chi connectivity index (χ3n) is 4.51. The second-order valence-electron chi connectivity index (χ2n) is 7.54. The lowest BCUT2D eigenvalue weighted by Gasteiger charge is -2.43. The second kappa shape index (κ2) is 5.90. The molecule has 0 radical (unpaired) electrons. The van der Waals surface area contributed by atoms with Gasteiger partial charge in [-0.05, 0) is 45.2 Å². The maximum Gasteiger partial charge on any atom is 0.410 e. The van der Waals surface area contributed by atoms with Gasteiger partial charge in [0.15, 0.2) is 0 Å². The normalized spacial score (nSPS) is 23.1. The van der Waals surface area contributed by atoms with Crippen LogP contribution in [0.2, 0.25) is 0 Å². The molecule has 2 heterocycles. The van der Waals surface area contributed by atoms with E-state index >= 15 is 0 Å². The quantitative estimate of drug-likeness (QED) is 0.783. The van der Waals surface area contributed by atoms with Gasteiger partial charge in [0.1, 0.15) is 5.60 Å². The predicted molar refractivity (Wildman–Crippen MR) is 88.7 cm³/mol. The first-order valence-corrected chi connectivity index (χ1v) is 8.38. The number of carbonyl (C=O) groups is 1. The SMILES string of the molecule is CC(C)(C)OC(=O)N1CCC(N2CCc3ccccc32)C(F)(F)C1. The van der Waals surface area contributed by atoms with Gasteiger partial charge < -0.3 is 14.5 Å². The van der Waals surface area contributed by atoms with Crippen LogP contribution in [0, 0.1) is 0 Å². The molecule has 1 aromatic carbocycles. The van der Waals surface area contributed by atoms with Crippen molar-refractivity contribution in [3.05, 3.63) is 29.8 Å². The van der Waals surface area contributed by atoms with E-state index in [1.54, 1.807) is 20.8 Å². The molecule has 0 aromatic heterocycles. The van der Waals surface area contributed by atoms with E-state index in [9.17, 15) is 13.6 Å². The van der Waals surface area contributed by atoms with Gasteiger partial charge >= 0.3 is 6.09 Å². The molecule has 4 nitrogen and oxygen atoms in total. The van der Waals surface area contributed by atoms with Gasteiger partial charge in [-0.2, -0.15) is 0 Å². The van der Waals surface area contributed by atoms with Crippen LogP contribution in [0.15, 0.2) is 24.3 Å². The smallest absolute Gasteiger partial charge is 0.410 e. The number of anilines is 1. The van der Waals surface area contributed by atoms with Crippen molar-refractivity contribution in [2.75, 3.05) is 24.5 Å². The molecule has 0 aliphatic carbocycles. The highest BCUT2D eigenvalue weighted by Crippen LogP contribution is 2.38. The van der Waals surface area contributed by atoms with E-state index in [1.165, 1.54) is 0 Å². The predicted octanol–water partition coefficient (Wildman–Crippen LogP) is 3.69. The van der Waals surface area contributed by atoms with E-state index in [4.69, 9.17) is 4.74 Å². The summed E-state index contributed by atoms with van der Waals surface area (Å²) in [5.74, 6) is -2.97. The number of alkyl halides is 2. The fourth-order valence-corrected chi connectivity index (χ4v) is 3.48. The van der Waals surface area contributed by atoms with Gasteiger partial charge in [-0.15, -0.1) is 0 Å². The largest absolute Gasteiger partial charge is 0.444 e. The first-order valence-electron chi connectivity index (χ1n) is 8.38. The number of nitrogens with zero attached hydrogens (tertiary/aromatic N) is 2. The zero-order chi connectivity index (χ0) is 17.5. The van der Waals surface area contributed by atoms with Crippen LogP contribution in [0.25, 0.3) is 0 Å². The Kier molecular flexibility index (Phi) is 4.18. The number of ether oxygens (including phenoxy) is 1. The lowest BCUT2D eigenvalue weighted by Crippen LogP contribution is -2.59. The Labute approximate surface area is 141 Å². The van der Waals surface area contributed by atoms with Gasteiger partial charge in [0, 0.05) is 18.8 Å². The van der Waals surface area contributed by atoms with Gasteiger partial charge in [0.05, 0.1) is 12.6 Å². The monoisotopic (exact) mass is 338 g/mol. The van der Waals surface area contributed by atoms with E-state index in [2.05, 4.69) is 0 Å². The number of piperidine rings is 1. The molecule has 1 atom stereocenters. The van der Waals surface area contributed by atoms with E-state index in [0.717, 1.165) is 22.6 Å². The van der Waals surface area contributed by atoms with Crippen LogP contribution in [-0.4, -0.2) is 48.2 Å². The molecule has 3 rings (SSSR count). The number of fused-ring (bicyclic) bond motifs is 1. The number of amides is 1. The van der Waals surface area contributed by atoms with Gasteiger partial charge in [0.2, 0.25) is 0 Å². The molecule has 0 bridgehead atoms. The van der Waals surface area contributed by atoms with Crippen LogP contribution in [0.5, 0.6) is 0 Å². The van der Waals surface area contributed by atoms with Crippen molar-refractivity contribution >= 4 is 11.8 Å². The third-order valence-corrected chi connectivity index (χ3v) is 4.51. The van der Waals surface area contributed by atoms with Crippen molar-refractivity contribution < 1.29 is 18.3 Å². The van der Waals surface area contributed by atoms with Gasteiger partial charge in [-0.1, -0.05) is 18.2 Å². The van der Waals surface area contributed by atoms with Crippen molar-refractivity contribution in [2.24, 2.45) is 0 Å². The summed E-state index contributed by atoms with van der Waals surface area (Å²) < 4.78 is 34.8.